The van der Waals surface area contributed by atoms with Crippen molar-refractivity contribution in [3.05, 3.63) is 90.4 Å². The van der Waals surface area contributed by atoms with E-state index in [-0.39, 0.29) is 11.4 Å². The summed E-state index contributed by atoms with van der Waals surface area (Å²) < 4.78 is 28.0. The minimum Gasteiger partial charge on any atom is -0.480 e. The highest BCUT2D eigenvalue weighted by atomic mass is 19.1. The molecule has 0 aliphatic heterocycles. The first-order valence-corrected chi connectivity index (χ1v) is 13.9. The van der Waals surface area contributed by atoms with Gasteiger partial charge in [0.15, 0.2) is 11.5 Å². The molecule has 0 saturated heterocycles. The summed E-state index contributed by atoms with van der Waals surface area (Å²) in [7, 11) is 1.54. The molecule has 1 fully saturated rings. The van der Waals surface area contributed by atoms with Crippen LogP contribution in [0.4, 0.5) is 9.18 Å². The zero-order valence-electron chi connectivity index (χ0n) is 24.0. The Hall–Kier alpha value is -4.79. The van der Waals surface area contributed by atoms with Gasteiger partial charge >= 0.3 is 6.09 Å². The van der Waals surface area contributed by atoms with Crippen molar-refractivity contribution in [3.8, 4) is 34.3 Å². The predicted octanol–water partition coefficient (Wildman–Crippen LogP) is 7.20. The fourth-order valence-corrected chi connectivity index (χ4v) is 5.38. The van der Waals surface area contributed by atoms with Crippen LogP contribution >= 0.6 is 0 Å². The number of nitrogens with one attached hydrogen (secondary N) is 1. The van der Waals surface area contributed by atoms with Gasteiger partial charge < -0.3 is 14.8 Å². The van der Waals surface area contributed by atoms with Crippen molar-refractivity contribution in [2.24, 2.45) is 0 Å². The van der Waals surface area contributed by atoms with Crippen LogP contribution in [-0.4, -0.2) is 38.3 Å². The van der Waals surface area contributed by atoms with Crippen molar-refractivity contribution >= 4 is 17.1 Å². The molecule has 1 aliphatic carbocycles. The third-order valence-corrected chi connectivity index (χ3v) is 7.49. The van der Waals surface area contributed by atoms with Gasteiger partial charge in [-0.3, -0.25) is 9.55 Å². The van der Waals surface area contributed by atoms with Crippen LogP contribution in [-0.2, 0) is 10.3 Å². The van der Waals surface area contributed by atoms with Gasteiger partial charge in [-0.15, -0.1) is 0 Å². The van der Waals surface area contributed by atoms with E-state index in [1.165, 1.54) is 13.2 Å². The number of hydrogen-bond donors (Lipinski definition) is 1. The maximum atomic E-state index is 14.8. The predicted molar refractivity (Wildman–Crippen MR) is 159 cm³/mol. The average Bonchev–Trinajstić information content (AvgIpc) is 3.34. The molecule has 0 atom stereocenters. The first-order chi connectivity index (χ1) is 20.2. The van der Waals surface area contributed by atoms with Crippen LogP contribution in [0, 0.1) is 5.82 Å². The first-order valence-electron chi connectivity index (χ1n) is 13.9. The van der Waals surface area contributed by atoms with E-state index in [9.17, 15) is 9.18 Å². The number of rotatable bonds is 6. The highest BCUT2D eigenvalue weighted by Gasteiger charge is 2.41. The lowest BCUT2D eigenvalue weighted by Gasteiger charge is -2.43. The number of fused-ring (bicyclic) bond motifs is 1. The smallest absolute Gasteiger partial charge is 0.408 e. The van der Waals surface area contributed by atoms with Crippen molar-refractivity contribution < 1.29 is 18.7 Å². The minimum absolute atomic E-state index is 0.218. The maximum Gasteiger partial charge on any atom is 0.408 e. The molecule has 1 amide bonds. The monoisotopic (exact) mass is 565 g/mol. The maximum absolute atomic E-state index is 14.8. The Morgan fingerprint density at radius 2 is 1.74 bits per heavy atom. The second-order valence-electron chi connectivity index (χ2n) is 11.5. The number of hydrogen-bond acceptors (Lipinski definition) is 6. The van der Waals surface area contributed by atoms with E-state index in [1.807, 2.05) is 73.9 Å². The molecule has 3 aromatic heterocycles. The molecule has 0 unspecified atom stereocenters. The summed E-state index contributed by atoms with van der Waals surface area (Å²) in [6.45, 7) is 5.56. The van der Waals surface area contributed by atoms with Gasteiger partial charge in [-0.1, -0.05) is 30.3 Å². The number of alkyl carbamates (subject to hydrolysis) is 1. The number of aromatic nitrogens is 4. The number of amides is 1. The molecule has 8 nitrogen and oxygen atoms in total. The lowest BCUT2D eigenvalue weighted by atomic mass is 9.72. The minimum atomic E-state index is -0.583. The van der Waals surface area contributed by atoms with Crippen LogP contribution < -0.4 is 10.1 Å². The molecule has 1 saturated carbocycles. The number of halogens is 1. The summed E-state index contributed by atoms with van der Waals surface area (Å²) in [5.41, 5.74) is 3.10. The van der Waals surface area contributed by atoms with Crippen molar-refractivity contribution in [2.75, 3.05) is 7.11 Å². The second-order valence-corrected chi connectivity index (χ2v) is 11.5. The fourth-order valence-electron chi connectivity index (χ4n) is 5.38. The first kappa shape index (κ1) is 27.4. The SMILES string of the molecule is COc1nc(-c2ccccc2F)nc2c1cc(-c1ccccn1)n2-c1ccc(C2(NC(=O)OC(C)(C)C)CCC2)cc1. The zero-order chi connectivity index (χ0) is 29.5. The van der Waals surface area contributed by atoms with E-state index >= 15 is 0 Å². The highest BCUT2D eigenvalue weighted by molar-refractivity contribution is 5.90. The van der Waals surface area contributed by atoms with Gasteiger partial charge in [0.05, 0.1) is 35.0 Å². The Labute approximate surface area is 243 Å². The Morgan fingerprint density at radius 3 is 2.36 bits per heavy atom. The summed E-state index contributed by atoms with van der Waals surface area (Å²) in [5, 5.41) is 3.79. The van der Waals surface area contributed by atoms with Gasteiger partial charge in [-0.25, -0.2) is 14.2 Å². The molecule has 0 bridgehead atoms. The lowest BCUT2D eigenvalue weighted by Crippen LogP contribution is -2.52. The standard InChI is InChI=1S/C33H32FN5O3/c1-32(2,3)42-31(40)38-33(17-9-18-33)21-13-15-22(16-14-21)39-27(26-12-7-8-19-35-26)20-24-29(39)36-28(37-30(24)41-4)23-10-5-6-11-25(23)34/h5-8,10-16,19-20H,9,17-18H2,1-4H3,(H,38,40). The van der Waals surface area contributed by atoms with Gasteiger partial charge in [0, 0.05) is 11.9 Å². The van der Waals surface area contributed by atoms with Crippen LogP contribution in [0.5, 0.6) is 5.88 Å². The van der Waals surface area contributed by atoms with Crippen LogP contribution in [0.2, 0.25) is 0 Å². The van der Waals surface area contributed by atoms with Crippen molar-refractivity contribution in [3.63, 3.8) is 0 Å². The molecule has 0 spiro atoms. The van der Waals surface area contributed by atoms with Gasteiger partial charge in [0.2, 0.25) is 5.88 Å². The Bertz CT molecular complexity index is 1760. The molecule has 42 heavy (non-hydrogen) atoms. The summed E-state index contributed by atoms with van der Waals surface area (Å²) in [6.07, 6.45) is 3.97. The molecule has 5 aromatic rings. The molecular formula is C33H32FN5O3. The molecule has 3 heterocycles. The molecule has 2 aromatic carbocycles. The van der Waals surface area contributed by atoms with E-state index in [2.05, 4.69) is 15.3 Å². The highest BCUT2D eigenvalue weighted by Crippen LogP contribution is 2.42. The van der Waals surface area contributed by atoms with Crippen molar-refractivity contribution in [1.29, 1.82) is 0 Å². The topological polar surface area (TPSA) is 91.2 Å². The van der Waals surface area contributed by atoms with Gasteiger partial charge in [-0.05, 0) is 88.1 Å². The second kappa shape index (κ2) is 10.6. The molecule has 1 N–H and O–H groups in total. The summed E-state index contributed by atoms with van der Waals surface area (Å²) >= 11 is 0. The van der Waals surface area contributed by atoms with Gasteiger partial charge in [-0.2, -0.15) is 4.98 Å². The van der Waals surface area contributed by atoms with E-state index in [4.69, 9.17) is 14.5 Å². The Balaban J connectivity index is 1.48. The lowest BCUT2D eigenvalue weighted by molar-refractivity contribution is 0.0377. The Morgan fingerprint density at radius 1 is 1.00 bits per heavy atom. The molecule has 0 radical (unpaired) electrons. The summed E-state index contributed by atoms with van der Waals surface area (Å²) in [6, 6.07) is 22.1. The number of carbonyl (C=O) groups excluding carboxylic acids is 1. The Kier molecular flexibility index (Phi) is 6.88. The number of methoxy groups -OCH3 is 1. The summed E-state index contributed by atoms with van der Waals surface area (Å²) in [5.74, 6) is 0.131. The van der Waals surface area contributed by atoms with Gasteiger partial charge in [0.1, 0.15) is 11.4 Å². The normalized spacial score (nSPS) is 14.3. The molecule has 1 aliphatic rings. The van der Waals surface area contributed by atoms with E-state index in [1.54, 1.807) is 24.4 Å². The number of carbonyl (C=O) groups is 1. The average molecular weight is 566 g/mol. The van der Waals surface area contributed by atoms with Crippen LogP contribution in [0.15, 0.2) is 79.0 Å². The quantitative estimate of drug-likeness (QED) is 0.234. The molecular weight excluding hydrogens is 533 g/mol. The summed E-state index contributed by atoms with van der Waals surface area (Å²) in [4.78, 5) is 26.7. The van der Waals surface area contributed by atoms with E-state index < -0.39 is 23.1 Å². The number of ether oxygens (including phenoxy) is 2. The van der Waals surface area contributed by atoms with E-state index in [0.717, 1.165) is 41.9 Å². The van der Waals surface area contributed by atoms with Crippen LogP contribution in [0.25, 0.3) is 39.5 Å². The third kappa shape index (κ3) is 5.06. The van der Waals surface area contributed by atoms with Gasteiger partial charge in [0.25, 0.3) is 0 Å². The third-order valence-electron chi connectivity index (χ3n) is 7.49. The number of pyridine rings is 1. The molecule has 6 rings (SSSR count). The fraction of sp³-hybridized carbons (Fsp3) is 0.273. The zero-order valence-corrected chi connectivity index (χ0v) is 24.0. The van der Waals surface area contributed by atoms with Crippen molar-refractivity contribution in [2.45, 2.75) is 51.2 Å². The van der Waals surface area contributed by atoms with Crippen LogP contribution in [0.3, 0.4) is 0 Å². The van der Waals surface area contributed by atoms with Crippen molar-refractivity contribution in [1.82, 2.24) is 24.8 Å². The number of benzene rings is 2. The van der Waals surface area contributed by atoms with Crippen LogP contribution in [0.1, 0.15) is 45.6 Å². The largest absolute Gasteiger partial charge is 0.480 e. The number of nitrogens with zero attached hydrogens (tertiary/aromatic N) is 4. The van der Waals surface area contributed by atoms with E-state index in [0.29, 0.717) is 16.9 Å². The molecule has 214 valence electrons. The molecule has 9 heteroatoms.